The molecule has 11 rings (SSSR count). The first-order valence-electron chi connectivity index (χ1n) is 33.9. The Labute approximate surface area is 684 Å². The smallest absolute Gasteiger partial charge is 0.443 e. The van der Waals surface area contributed by atoms with Crippen molar-refractivity contribution in [2.45, 2.75) is 26.4 Å². The molecule has 7 heterocycles. The standard InChI is InChI=1S/C13H12BrFN6O5S.C12H11BrFN7O5S.C12H10BrFN6O3.C11H13BrFN7O4S.C5H10ClNO4S/c1-27(23,24)17-5-4-16-11-10(18-26-19-11)12-20-25-13(22)21(12)7-2-3-9(15)8(14)6-7;13-7-5-6(1-2-8(7)14)21-11(20-25-12(21)22)9-10(19-26-18-9)16-3-4-17-27(15,23)24;13-7-5-6(1-2-8(7)14)20-11(19-22-12(20)21)9-10(16-4-3-15)18-23-17-9;12-7-5-6(1-2-8(7)13)17-11(18-21)9-10(20-24-19-9)15-3-4-16-25(14,22)23;1-5(2,3)11-4(8)7-12(6,9)10/h2-3,6,17H,4-5H2,1H3,(H,16,19);1-2,5,17H,3-4H2,(H,16,19)(H2,15,23,24);1-2,5H,3-4,15H2,(H,16,18);1-2,5,16,21H,3-4H2,(H,15,20)(H,17,18)(H2,14,22,23);1-3H3,(H,7,8)/i2D,6D;3*1D,5D;. The molecule has 7 aromatic heterocycles. The van der Waals surface area contributed by atoms with Gasteiger partial charge in [0, 0.05) is 63.0 Å². The number of nitrogens with zero attached hydrogens (tertiary/aromatic N) is 15. The number of sulfonamides is 1. The summed E-state index contributed by atoms with van der Waals surface area (Å²) >= 11 is 11.6. The molecule has 616 valence electrons. The van der Waals surface area contributed by atoms with E-state index in [2.05, 4.69) is 188 Å². The summed E-state index contributed by atoms with van der Waals surface area (Å²) in [6, 6.07) is -0.268. The summed E-state index contributed by atoms with van der Waals surface area (Å²) in [6.07, 6.45) is -0.0838. The summed E-state index contributed by atoms with van der Waals surface area (Å²) in [4.78, 5) is 51.1. The van der Waals surface area contributed by atoms with E-state index in [1.54, 1.807) is 26.3 Å². The SMILES string of the molecule is CC(C)(C)OC(=O)NS(=O)(=O)Cl.[2H]c1cc(F)c(Br)c([2H])c1-n1c(-c2nonc2NCCN)noc1=O.[2H]c1cc(F)c(Br)c([2H])c1-n1c(-c2nonc2NCCNS(C)(=O)=O)noc1=O.[2H]c1cc(F)c(Br)c([2H])c1-n1c(-c2nonc2NCCNS(N)(=O)=O)noc1=O.[2H]c1cc(F)c(Br)c([2H])c1N=C(NO)c1nonc1NCCNS(N)(=O)=O. The van der Waals surface area contributed by atoms with Crippen molar-refractivity contribution in [3.8, 4) is 51.6 Å². The number of benzene rings is 4. The summed E-state index contributed by atoms with van der Waals surface area (Å²) < 4.78 is 250. The summed E-state index contributed by atoms with van der Waals surface area (Å²) in [5, 5.41) is 69.4. The van der Waals surface area contributed by atoms with Crippen LogP contribution in [0.3, 0.4) is 0 Å². The van der Waals surface area contributed by atoms with E-state index in [4.69, 9.17) is 37.7 Å². The highest BCUT2D eigenvalue weighted by atomic mass is 79.9. The van der Waals surface area contributed by atoms with Gasteiger partial charge >= 0.3 is 32.6 Å². The highest BCUT2D eigenvalue weighted by Crippen LogP contribution is 2.30. The minimum atomic E-state index is -4.05. The Balaban J connectivity index is 0.000000214. The molecule has 0 bridgehead atoms. The molecule has 0 aliphatic carbocycles. The Hall–Kier alpha value is -10.4. The first kappa shape index (κ1) is 78.9. The van der Waals surface area contributed by atoms with Crippen LogP contribution in [0, 0.1) is 23.3 Å². The molecule has 0 atom stereocenters. The van der Waals surface area contributed by atoms with Crippen LogP contribution in [0.5, 0.6) is 0 Å². The Morgan fingerprint density at radius 2 is 0.886 bits per heavy atom. The molecule has 0 radical (unpaired) electrons. The summed E-state index contributed by atoms with van der Waals surface area (Å²) in [7, 11) is -10.5. The lowest BCUT2D eigenvalue weighted by Gasteiger charge is -2.18. The number of aromatic nitrogens is 14. The molecule has 16 N–H and O–H groups in total. The van der Waals surface area contributed by atoms with Gasteiger partial charge in [-0.2, -0.15) is 25.3 Å². The van der Waals surface area contributed by atoms with Gasteiger partial charge in [-0.05, 0) is 198 Å². The Bertz CT molecular complexity index is 6180. The van der Waals surface area contributed by atoms with Gasteiger partial charge in [0.1, 0.15) is 28.9 Å². The second-order valence-corrected chi connectivity index (χ2v) is 31.6. The van der Waals surface area contributed by atoms with E-state index >= 15 is 0 Å². The second-order valence-electron chi connectivity index (χ2n) is 21.5. The lowest BCUT2D eigenvalue weighted by atomic mass is 10.2. The van der Waals surface area contributed by atoms with E-state index in [1.807, 2.05) is 9.44 Å². The molecular formula is C53H56Br4ClF4N27O21S4. The normalized spacial score (nSPS) is 12.7. The van der Waals surface area contributed by atoms with Crippen LogP contribution in [-0.4, -0.2) is 185 Å². The lowest BCUT2D eigenvalue weighted by Crippen LogP contribution is -2.34. The lowest BCUT2D eigenvalue weighted by molar-refractivity contribution is 0.0571. The first-order chi connectivity index (χ1) is 56.9. The van der Waals surface area contributed by atoms with Crippen molar-refractivity contribution in [2.75, 3.05) is 79.9 Å². The highest BCUT2D eigenvalue weighted by molar-refractivity contribution is 9.11. The van der Waals surface area contributed by atoms with Crippen molar-refractivity contribution >= 4 is 155 Å². The van der Waals surface area contributed by atoms with Crippen molar-refractivity contribution in [2.24, 2.45) is 21.0 Å². The first-order valence-corrected chi connectivity index (χ1v) is 40.3. The number of hydrogen-bond donors (Lipinski definition) is 13. The number of hydroxylamine groups is 1. The molecule has 114 heavy (non-hydrogen) atoms. The van der Waals surface area contributed by atoms with Crippen LogP contribution >= 0.6 is 74.4 Å². The zero-order valence-corrected chi connectivity index (χ0v) is 67.4. The third-order valence-corrected chi connectivity index (χ3v) is 16.9. The van der Waals surface area contributed by atoms with Gasteiger partial charge in [0.05, 0.1) is 57.9 Å². The molecule has 11 aromatic rings. The number of carbonyl (C=O) groups excluding carboxylic acids is 1. The van der Waals surface area contributed by atoms with Crippen LogP contribution in [0.1, 0.15) is 37.4 Å². The highest BCUT2D eigenvalue weighted by Gasteiger charge is 2.28. The molecule has 0 spiro atoms. The van der Waals surface area contributed by atoms with Crippen molar-refractivity contribution in [3.05, 3.63) is 151 Å². The van der Waals surface area contributed by atoms with Crippen molar-refractivity contribution in [1.29, 1.82) is 0 Å². The van der Waals surface area contributed by atoms with Gasteiger partial charge in [-0.1, -0.05) is 15.5 Å². The van der Waals surface area contributed by atoms with E-state index in [0.717, 1.165) is 44.2 Å². The van der Waals surface area contributed by atoms with Gasteiger partial charge < -0.3 is 31.7 Å². The molecule has 0 aliphatic rings. The number of hydrogen-bond acceptors (Lipinski definition) is 38. The topological polar surface area (TPSA) is 682 Å². The van der Waals surface area contributed by atoms with E-state index in [1.165, 1.54) is 4.72 Å². The van der Waals surface area contributed by atoms with Gasteiger partial charge in [-0.3, -0.25) is 24.3 Å². The van der Waals surface area contributed by atoms with E-state index in [0.29, 0.717) is 13.1 Å². The zero-order chi connectivity index (χ0) is 91.0. The molecule has 4 aromatic carbocycles. The Morgan fingerprint density at radius 3 is 1.24 bits per heavy atom. The third kappa shape index (κ3) is 27.7. The molecule has 1 amide bonds. The number of halogens is 9. The number of amidine groups is 1. The Morgan fingerprint density at radius 1 is 0.544 bits per heavy atom. The number of anilines is 4. The van der Waals surface area contributed by atoms with Crippen LogP contribution in [-0.2, 0) is 44.4 Å². The summed E-state index contributed by atoms with van der Waals surface area (Å²) in [5.74, 6) is -7.38. The largest absolute Gasteiger partial charge is 0.446 e. The van der Waals surface area contributed by atoms with Crippen LogP contribution in [0.25, 0.3) is 51.6 Å². The number of amides is 1. The fourth-order valence-corrected chi connectivity index (χ4v) is 10.5. The zero-order valence-electron chi connectivity index (χ0n) is 65.1. The minimum absolute atomic E-state index is 0.00147. The van der Waals surface area contributed by atoms with Crippen molar-refractivity contribution in [3.63, 3.8) is 0 Å². The second kappa shape index (κ2) is 40.6. The maximum Gasteiger partial charge on any atom is 0.446 e. The maximum atomic E-state index is 13.7. The Kier molecular flexibility index (Phi) is 28.1. The van der Waals surface area contributed by atoms with E-state index in [9.17, 15) is 75.6 Å². The van der Waals surface area contributed by atoms with Crippen LogP contribution < -0.4 is 78.9 Å². The predicted molar refractivity (Wildman–Crippen MR) is 401 cm³/mol. The van der Waals surface area contributed by atoms with Crippen LogP contribution in [0.15, 0.2) is 142 Å². The molecule has 0 fully saturated rings. The van der Waals surface area contributed by atoms with Crippen molar-refractivity contribution in [1.82, 2.24) is 94.8 Å². The average Bonchev–Trinajstić information content (AvgIpc) is 1.59. The number of nitrogens with one attached hydrogen (secondary N) is 9. The molecule has 48 nitrogen and oxygen atoms in total. The molecule has 0 saturated carbocycles. The number of rotatable bonds is 27. The van der Waals surface area contributed by atoms with Gasteiger partial charge in [-0.25, -0.2) is 112 Å². The van der Waals surface area contributed by atoms with Crippen molar-refractivity contribution < 1.29 is 109 Å². The summed E-state index contributed by atoms with van der Waals surface area (Å²) in [5.41, 5.74) is 4.94. The molecule has 0 aliphatic heterocycles. The van der Waals surface area contributed by atoms with Gasteiger partial charge in [0.2, 0.25) is 50.8 Å². The molecular weight excluding hydrogens is 1910 g/mol. The van der Waals surface area contributed by atoms with Crippen LogP contribution in [0.4, 0.5) is 51.3 Å². The van der Waals surface area contributed by atoms with E-state index < -0.39 is 140 Å². The maximum absolute atomic E-state index is 13.7. The van der Waals surface area contributed by atoms with E-state index in [-0.39, 0.29) is 149 Å². The monoisotopic (exact) mass is 1970 g/mol. The fourth-order valence-electron chi connectivity index (χ4n) is 7.60. The third-order valence-electron chi connectivity index (χ3n) is 12.0. The van der Waals surface area contributed by atoms with Crippen LogP contribution in [0.2, 0.25) is 0 Å². The molecule has 0 saturated heterocycles. The molecule has 61 heteroatoms. The summed E-state index contributed by atoms with van der Waals surface area (Å²) in [6.45, 7) is 5.43. The minimum Gasteiger partial charge on any atom is -0.443 e. The average molecular weight is 1970 g/mol. The molecule has 0 unspecified atom stereocenters. The van der Waals surface area contributed by atoms with Gasteiger partial charge in [0.15, 0.2) is 28.6 Å². The van der Waals surface area contributed by atoms with Gasteiger partial charge in [0.25, 0.3) is 20.4 Å². The fraction of sp³-hybridized carbons (Fsp3) is 0.245. The number of nitrogens with two attached hydrogens (primary N) is 3. The van der Waals surface area contributed by atoms with Gasteiger partial charge in [-0.15, -0.1) is 0 Å². The number of carbonyl (C=O) groups is 1. The number of ether oxygens (including phenoxy) is 1. The number of aliphatic imine (C=N–C) groups is 1. The quantitative estimate of drug-likeness (QED) is 0.00878. The predicted octanol–water partition coefficient (Wildman–Crippen LogP) is 3.10.